The van der Waals surface area contributed by atoms with Gasteiger partial charge in [0.25, 0.3) is 0 Å². The number of hydrogen-bond acceptors (Lipinski definition) is 3. The first-order chi connectivity index (χ1) is 14.1. The molecule has 1 heterocycles. The molecular weight excluding hydrogens is 391 g/mol. The lowest BCUT2D eigenvalue weighted by Gasteiger charge is -2.31. The predicted molar refractivity (Wildman–Crippen MR) is 114 cm³/mol. The summed E-state index contributed by atoms with van der Waals surface area (Å²) in [4.78, 5) is 14.5. The smallest absolute Gasteiger partial charge is 0.223 e. The summed E-state index contributed by atoms with van der Waals surface area (Å²) in [5, 5.41) is 3.42. The summed E-state index contributed by atoms with van der Waals surface area (Å²) in [6.45, 7) is 5.03. The second kappa shape index (κ2) is 10.6. The lowest BCUT2D eigenvalue weighted by atomic mass is 9.95. The SMILES string of the molecule is CCc1ccc(OCCNC(=O)C2CCN(Cc3c(F)cccc3Cl)CC2)cc1. The van der Waals surface area contributed by atoms with Crippen molar-refractivity contribution in [3.63, 3.8) is 0 Å². The highest BCUT2D eigenvalue weighted by molar-refractivity contribution is 6.31. The Morgan fingerprint density at radius 1 is 1.21 bits per heavy atom. The summed E-state index contributed by atoms with van der Waals surface area (Å²) in [7, 11) is 0. The van der Waals surface area contributed by atoms with E-state index in [2.05, 4.69) is 29.3 Å². The number of piperidine rings is 1. The van der Waals surface area contributed by atoms with E-state index < -0.39 is 0 Å². The summed E-state index contributed by atoms with van der Waals surface area (Å²) < 4.78 is 19.6. The van der Waals surface area contributed by atoms with Crippen LogP contribution in [0, 0.1) is 11.7 Å². The van der Waals surface area contributed by atoms with Crippen molar-refractivity contribution in [2.45, 2.75) is 32.7 Å². The fourth-order valence-corrected chi connectivity index (χ4v) is 3.79. The highest BCUT2D eigenvalue weighted by Crippen LogP contribution is 2.24. The van der Waals surface area contributed by atoms with Crippen LogP contribution in [0.2, 0.25) is 5.02 Å². The van der Waals surface area contributed by atoms with Gasteiger partial charge in [-0.25, -0.2) is 4.39 Å². The third-order valence-electron chi connectivity index (χ3n) is 5.40. The molecule has 2 aromatic rings. The van der Waals surface area contributed by atoms with Crippen LogP contribution in [0.25, 0.3) is 0 Å². The molecule has 3 rings (SSSR count). The van der Waals surface area contributed by atoms with Gasteiger partial charge in [-0.1, -0.05) is 36.7 Å². The van der Waals surface area contributed by atoms with E-state index in [0.29, 0.717) is 30.3 Å². The number of likely N-dealkylation sites (tertiary alicyclic amines) is 1. The minimum atomic E-state index is -0.276. The largest absolute Gasteiger partial charge is 0.492 e. The number of benzene rings is 2. The van der Waals surface area contributed by atoms with E-state index in [9.17, 15) is 9.18 Å². The van der Waals surface area contributed by atoms with Gasteiger partial charge in [-0.2, -0.15) is 0 Å². The fraction of sp³-hybridized carbons (Fsp3) is 0.435. The maximum absolute atomic E-state index is 14.0. The van der Waals surface area contributed by atoms with Crippen molar-refractivity contribution >= 4 is 17.5 Å². The molecule has 1 aliphatic rings. The van der Waals surface area contributed by atoms with E-state index in [0.717, 1.165) is 38.1 Å². The molecule has 0 radical (unpaired) electrons. The Morgan fingerprint density at radius 2 is 1.93 bits per heavy atom. The second-order valence-corrected chi connectivity index (χ2v) is 7.79. The number of nitrogens with zero attached hydrogens (tertiary/aromatic N) is 1. The molecule has 1 aliphatic heterocycles. The van der Waals surface area contributed by atoms with Gasteiger partial charge in [0, 0.05) is 23.0 Å². The third-order valence-corrected chi connectivity index (χ3v) is 5.76. The number of carbonyl (C=O) groups is 1. The second-order valence-electron chi connectivity index (χ2n) is 7.39. The third kappa shape index (κ3) is 6.18. The standard InChI is InChI=1S/C23H28ClFN2O2/c1-2-17-6-8-19(9-7-17)29-15-12-26-23(28)18-10-13-27(14-11-18)16-20-21(24)4-3-5-22(20)25/h3-9,18H,2,10-16H2,1H3,(H,26,28). The van der Waals surface area contributed by atoms with Crippen LogP contribution in [-0.2, 0) is 17.8 Å². The van der Waals surface area contributed by atoms with Crippen molar-refractivity contribution < 1.29 is 13.9 Å². The van der Waals surface area contributed by atoms with Crippen molar-refractivity contribution in [3.8, 4) is 5.75 Å². The maximum atomic E-state index is 14.0. The molecule has 0 atom stereocenters. The van der Waals surface area contributed by atoms with Gasteiger partial charge in [-0.15, -0.1) is 0 Å². The molecule has 0 bridgehead atoms. The molecule has 1 fully saturated rings. The van der Waals surface area contributed by atoms with Crippen LogP contribution in [-0.4, -0.2) is 37.0 Å². The predicted octanol–water partition coefficient (Wildman–Crippen LogP) is 4.45. The van der Waals surface area contributed by atoms with Crippen molar-refractivity contribution in [3.05, 3.63) is 64.4 Å². The molecule has 2 aromatic carbocycles. The van der Waals surface area contributed by atoms with E-state index in [4.69, 9.17) is 16.3 Å². The van der Waals surface area contributed by atoms with Gasteiger partial charge in [0.05, 0.1) is 6.54 Å². The molecule has 1 N–H and O–H groups in total. The van der Waals surface area contributed by atoms with Crippen molar-refractivity contribution in [1.29, 1.82) is 0 Å². The van der Waals surface area contributed by atoms with Gasteiger partial charge in [-0.05, 0) is 62.2 Å². The molecular formula is C23H28ClFN2O2. The number of carbonyl (C=O) groups excluding carboxylic acids is 1. The number of rotatable bonds is 8. The highest BCUT2D eigenvalue weighted by atomic mass is 35.5. The molecule has 0 aliphatic carbocycles. The Kier molecular flexibility index (Phi) is 7.90. The Balaban J connectivity index is 1.36. The topological polar surface area (TPSA) is 41.6 Å². The van der Waals surface area contributed by atoms with Crippen LogP contribution >= 0.6 is 11.6 Å². The molecule has 156 valence electrons. The van der Waals surface area contributed by atoms with E-state index in [1.165, 1.54) is 11.6 Å². The van der Waals surface area contributed by atoms with Crippen LogP contribution in [0.1, 0.15) is 30.9 Å². The number of nitrogens with one attached hydrogen (secondary N) is 1. The van der Waals surface area contributed by atoms with Gasteiger partial charge < -0.3 is 10.1 Å². The first-order valence-corrected chi connectivity index (χ1v) is 10.6. The Labute approximate surface area is 177 Å². The summed E-state index contributed by atoms with van der Waals surface area (Å²) in [6.07, 6.45) is 2.52. The van der Waals surface area contributed by atoms with Gasteiger partial charge in [0.1, 0.15) is 18.2 Å². The number of ether oxygens (including phenoxy) is 1. The Morgan fingerprint density at radius 3 is 2.59 bits per heavy atom. The van der Waals surface area contributed by atoms with Gasteiger partial charge in [0.2, 0.25) is 5.91 Å². The molecule has 4 nitrogen and oxygen atoms in total. The van der Waals surface area contributed by atoms with Crippen LogP contribution in [0.5, 0.6) is 5.75 Å². The molecule has 1 amide bonds. The van der Waals surface area contributed by atoms with Crippen molar-refractivity contribution in [2.75, 3.05) is 26.2 Å². The molecule has 0 unspecified atom stereocenters. The van der Waals surface area contributed by atoms with Crippen molar-refractivity contribution in [1.82, 2.24) is 10.2 Å². The lowest BCUT2D eigenvalue weighted by molar-refractivity contribution is -0.126. The molecule has 1 saturated heterocycles. The van der Waals surface area contributed by atoms with Crippen LogP contribution in [0.15, 0.2) is 42.5 Å². The van der Waals surface area contributed by atoms with E-state index >= 15 is 0 Å². The van der Waals surface area contributed by atoms with E-state index in [1.54, 1.807) is 12.1 Å². The summed E-state index contributed by atoms with van der Waals surface area (Å²) >= 11 is 6.12. The number of hydrogen-bond donors (Lipinski definition) is 1. The van der Waals surface area contributed by atoms with E-state index in [-0.39, 0.29) is 17.6 Å². The van der Waals surface area contributed by atoms with Crippen molar-refractivity contribution in [2.24, 2.45) is 5.92 Å². The first-order valence-electron chi connectivity index (χ1n) is 10.2. The fourth-order valence-electron chi connectivity index (χ4n) is 3.57. The summed E-state index contributed by atoms with van der Waals surface area (Å²) in [5.41, 5.74) is 1.80. The number of amides is 1. The van der Waals surface area contributed by atoms with Gasteiger partial charge >= 0.3 is 0 Å². The molecule has 0 saturated carbocycles. The zero-order valence-corrected chi connectivity index (χ0v) is 17.6. The van der Waals surface area contributed by atoms with Crippen LogP contribution in [0.4, 0.5) is 4.39 Å². The summed E-state index contributed by atoms with van der Waals surface area (Å²) in [5.74, 6) is 0.600. The number of halogens is 2. The molecule has 0 spiro atoms. The average molecular weight is 419 g/mol. The number of aryl methyl sites for hydroxylation is 1. The zero-order chi connectivity index (χ0) is 20.6. The lowest BCUT2D eigenvalue weighted by Crippen LogP contribution is -2.41. The van der Waals surface area contributed by atoms with Gasteiger partial charge in [-0.3, -0.25) is 9.69 Å². The molecule has 6 heteroatoms. The zero-order valence-electron chi connectivity index (χ0n) is 16.8. The highest BCUT2D eigenvalue weighted by Gasteiger charge is 2.25. The quantitative estimate of drug-likeness (QED) is 0.644. The summed E-state index contributed by atoms with van der Waals surface area (Å²) in [6, 6.07) is 12.8. The first kappa shape index (κ1) is 21.6. The maximum Gasteiger partial charge on any atom is 0.223 e. The van der Waals surface area contributed by atoms with Gasteiger partial charge in [0.15, 0.2) is 0 Å². The molecule has 0 aromatic heterocycles. The van der Waals surface area contributed by atoms with E-state index in [1.807, 2.05) is 12.1 Å². The molecule has 29 heavy (non-hydrogen) atoms. The Hall–Kier alpha value is -2.11. The average Bonchev–Trinajstić information content (AvgIpc) is 2.74. The minimum Gasteiger partial charge on any atom is -0.492 e. The minimum absolute atomic E-state index is 0.00817. The van der Waals surface area contributed by atoms with Crippen LogP contribution in [0.3, 0.4) is 0 Å². The normalized spacial score (nSPS) is 15.3. The monoisotopic (exact) mass is 418 g/mol. The van der Waals surface area contributed by atoms with Crippen LogP contribution < -0.4 is 10.1 Å². The Bertz CT molecular complexity index is 785.